The molecule has 0 amide bonds. The molecule has 1 saturated carbocycles. The van der Waals surface area contributed by atoms with Gasteiger partial charge < -0.3 is 18.9 Å². The summed E-state index contributed by atoms with van der Waals surface area (Å²) in [5, 5.41) is 0. The van der Waals surface area contributed by atoms with Crippen LogP contribution in [0.4, 0.5) is 0 Å². The molecule has 1 spiro atoms. The lowest BCUT2D eigenvalue weighted by atomic mass is 9.51. The summed E-state index contributed by atoms with van der Waals surface area (Å²) in [5.74, 6) is -1.78. The van der Waals surface area contributed by atoms with Crippen molar-refractivity contribution in [1.82, 2.24) is 0 Å². The normalized spacial score (nSPS) is 42.2. The number of carbonyl (C=O) groups is 4. The number of hydrogen-bond donors (Lipinski definition) is 0. The van der Waals surface area contributed by atoms with Gasteiger partial charge in [-0.2, -0.15) is 0 Å². The smallest absolute Gasteiger partial charge is 0.333 e. The maximum absolute atomic E-state index is 13.3. The van der Waals surface area contributed by atoms with Crippen LogP contribution >= 0.6 is 0 Å². The van der Waals surface area contributed by atoms with Gasteiger partial charge in [-0.05, 0) is 25.5 Å². The number of allylic oxidation sites excluding steroid dienone is 1. The summed E-state index contributed by atoms with van der Waals surface area (Å²) < 4.78 is 22.9. The number of esters is 2. The Kier molecular flexibility index (Phi) is 4.19. The zero-order valence-electron chi connectivity index (χ0n) is 16.9. The van der Waals surface area contributed by atoms with E-state index in [1.165, 1.54) is 13.8 Å². The van der Waals surface area contributed by atoms with Crippen molar-refractivity contribution in [3.8, 4) is 0 Å². The average Bonchev–Trinajstić information content (AvgIpc) is 3.42. The Morgan fingerprint density at radius 2 is 1.97 bits per heavy atom. The standard InChI is InChI=1S/C21H24O8/c1-10(2)18(25)29-16-15(24)17-21(9-27-21)19(16,5)20(8-26-12(4)22)7-13(23)11(3)6-14(20)28-17/h6,14,16-17H,1,7-9H2,2-5H3. The Morgan fingerprint density at radius 3 is 2.52 bits per heavy atom. The molecule has 2 bridgehead atoms. The minimum atomic E-state index is -1.21. The second-order valence-corrected chi connectivity index (χ2v) is 8.67. The molecule has 4 aliphatic rings. The number of fused-ring (bicyclic) bond motifs is 2. The molecule has 0 N–H and O–H groups in total. The Morgan fingerprint density at radius 1 is 1.31 bits per heavy atom. The average molecular weight is 404 g/mol. The molecule has 0 radical (unpaired) electrons. The maximum atomic E-state index is 13.3. The van der Waals surface area contributed by atoms with E-state index in [1.807, 2.05) is 0 Å². The van der Waals surface area contributed by atoms with Crippen LogP contribution in [0.25, 0.3) is 0 Å². The molecule has 0 aromatic rings. The van der Waals surface area contributed by atoms with Crippen molar-refractivity contribution < 1.29 is 38.1 Å². The molecule has 0 aromatic heterocycles. The van der Waals surface area contributed by atoms with E-state index in [0.717, 1.165) is 0 Å². The number of rotatable bonds is 4. The van der Waals surface area contributed by atoms with Crippen molar-refractivity contribution in [3.63, 3.8) is 0 Å². The molecule has 2 aliphatic heterocycles. The molecule has 156 valence electrons. The first-order valence-electron chi connectivity index (χ1n) is 9.55. The van der Waals surface area contributed by atoms with E-state index in [-0.39, 0.29) is 31.0 Å². The van der Waals surface area contributed by atoms with Gasteiger partial charge in [0.05, 0.1) is 23.5 Å². The zero-order valence-corrected chi connectivity index (χ0v) is 16.9. The van der Waals surface area contributed by atoms with Crippen LogP contribution in [0.5, 0.6) is 0 Å². The molecular formula is C21H24O8. The first-order chi connectivity index (χ1) is 13.5. The summed E-state index contributed by atoms with van der Waals surface area (Å²) in [6.45, 7) is 9.87. The minimum absolute atomic E-state index is 0.0178. The Labute approximate surface area is 168 Å². The summed E-state index contributed by atoms with van der Waals surface area (Å²) in [4.78, 5) is 50.0. The molecule has 6 unspecified atom stereocenters. The predicted molar refractivity (Wildman–Crippen MR) is 97.6 cm³/mol. The van der Waals surface area contributed by atoms with E-state index < -0.39 is 52.5 Å². The molecule has 2 saturated heterocycles. The molecule has 4 rings (SSSR count). The van der Waals surface area contributed by atoms with Gasteiger partial charge in [-0.1, -0.05) is 13.5 Å². The highest BCUT2D eigenvalue weighted by Crippen LogP contribution is 2.70. The Bertz CT molecular complexity index is 881. The second-order valence-electron chi connectivity index (χ2n) is 8.67. The summed E-state index contributed by atoms with van der Waals surface area (Å²) in [7, 11) is 0. The van der Waals surface area contributed by atoms with Crippen LogP contribution in [0.2, 0.25) is 0 Å². The topological polar surface area (TPSA) is 109 Å². The highest BCUT2D eigenvalue weighted by Gasteiger charge is 2.86. The fourth-order valence-electron chi connectivity index (χ4n) is 5.23. The van der Waals surface area contributed by atoms with Crippen molar-refractivity contribution in [2.45, 2.75) is 58.0 Å². The summed E-state index contributed by atoms with van der Waals surface area (Å²) in [6, 6.07) is 0. The van der Waals surface area contributed by atoms with Crippen LogP contribution in [0.15, 0.2) is 23.8 Å². The number of carbonyl (C=O) groups excluding carboxylic acids is 4. The van der Waals surface area contributed by atoms with Crippen molar-refractivity contribution in [2.75, 3.05) is 13.2 Å². The van der Waals surface area contributed by atoms with Gasteiger partial charge >= 0.3 is 11.9 Å². The van der Waals surface area contributed by atoms with Crippen molar-refractivity contribution in [1.29, 1.82) is 0 Å². The Balaban J connectivity index is 1.88. The van der Waals surface area contributed by atoms with E-state index in [2.05, 4.69) is 6.58 Å². The van der Waals surface area contributed by atoms with E-state index in [9.17, 15) is 19.2 Å². The lowest BCUT2D eigenvalue weighted by Gasteiger charge is -2.57. The van der Waals surface area contributed by atoms with Gasteiger partial charge in [0.2, 0.25) is 5.78 Å². The van der Waals surface area contributed by atoms with E-state index in [0.29, 0.717) is 5.57 Å². The molecular weight excluding hydrogens is 380 g/mol. The van der Waals surface area contributed by atoms with Crippen molar-refractivity contribution in [2.24, 2.45) is 10.8 Å². The molecule has 2 heterocycles. The number of hydrogen-bond acceptors (Lipinski definition) is 8. The third-order valence-corrected chi connectivity index (χ3v) is 7.08. The van der Waals surface area contributed by atoms with Crippen LogP contribution in [0, 0.1) is 10.8 Å². The largest absolute Gasteiger partial charge is 0.465 e. The van der Waals surface area contributed by atoms with Gasteiger partial charge in [0, 0.05) is 18.9 Å². The first-order valence-corrected chi connectivity index (χ1v) is 9.55. The molecule has 6 atom stereocenters. The fraction of sp³-hybridized carbons (Fsp3) is 0.619. The monoisotopic (exact) mass is 404 g/mol. The van der Waals surface area contributed by atoms with Crippen LogP contribution in [0.1, 0.15) is 34.1 Å². The number of ketones is 2. The van der Waals surface area contributed by atoms with Gasteiger partial charge in [-0.15, -0.1) is 0 Å². The SMILES string of the molecule is C=C(C)C(=O)OC1C(=O)C2OC3C=C(C)C(=O)CC3(COC(C)=O)C1(C)C21CO1. The van der Waals surface area contributed by atoms with Crippen molar-refractivity contribution >= 4 is 23.5 Å². The third kappa shape index (κ3) is 2.39. The van der Waals surface area contributed by atoms with Crippen LogP contribution in [0.3, 0.4) is 0 Å². The lowest BCUT2D eigenvalue weighted by molar-refractivity contribution is -0.231. The van der Waals surface area contributed by atoms with Crippen molar-refractivity contribution in [3.05, 3.63) is 23.8 Å². The molecule has 8 heteroatoms. The van der Waals surface area contributed by atoms with Gasteiger partial charge in [0.25, 0.3) is 0 Å². The highest BCUT2D eigenvalue weighted by molar-refractivity contribution is 6.00. The van der Waals surface area contributed by atoms with E-state index >= 15 is 0 Å². The fourth-order valence-corrected chi connectivity index (χ4v) is 5.23. The number of ether oxygens (including phenoxy) is 4. The van der Waals surface area contributed by atoms with Gasteiger partial charge in [0.15, 0.2) is 18.0 Å². The summed E-state index contributed by atoms with van der Waals surface area (Å²) >= 11 is 0. The van der Waals surface area contributed by atoms with Gasteiger partial charge in [0.1, 0.15) is 12.2 Å². The molecule has 8 nitrogen and oxygen atoms in total. The van der Waals surface area contributed by atoms with Crippen LogP contribution in [-0.2, 0) is 38.1 Å². The lowest BCUT2D eigenvalue weighted by Crippen LogP contribution is -2.67. The third-order valence-electron chi connectivity index (χ3n) is 7.08. The second kappa shape index (κ2) is 6.09. The molecule has 29 heavy (non-hydrogen) atoms. The minimum Gasteiger partial charge on any atom is -0.465 e. The van der Waals surface area contributed by atoms with Crippen LogP contribution in [-0.4, -0.2) is 60.6 Å². The van der Waals surface area contributed by atoms with Gasteiger partial charge in [-0.25, -0.2) is 4.79 Å². The number of Topliss-reactive ketones (excluding diaryl/α,β-unsaturated/α-hetero) is 2. The van der Waals surface area contributed by atoms with E-state index in [1.54, 1.807) is 19.9 Å². The predicted octanol–water partition coefficient (Wildman–Crippen LogP) is 1.07. The molecule has 2 aliphatic carbocycles. The van der Waals surface area contributed by atoms with Crippen LogP contribution < -0.4 is 0 Å². The molecule has 0 aromatic carbocycles. The highest BCUT2D eigenvalue weighted by atomic mass is 16.6. The zero-order chi connectivity index (χ0) is 21.4. The molecule has 3 fully saturated rings. The maximum Gasteiger partial charge on any atom is 0.333 e. The summed E-state index contributed by atoms with van der Waals surface area (Å²) in [5.41, 5.74) is -2.60. The number of epoxide rings is 1. The summed E-state index contributed by atoms with van der Waals surface area (Å²) in [6.07, 6.45) is -1.15. The van der Waals surface area contributed by atoms with E-state index in [4.69, 9.17) is 18.9 Å². The Hall–Kier alpha value is -2.32. The van der Waals surface area contributed by atoms with Gasteiger partial charge in [-0.3, -0.25) is 14.4 Å². The first kappa shape index (κ1) is 20.0. The quantitative estimate of drug-likeness (QED) is 0.389.